The smallest absolute Gasteiger partial charge is 0.0574 e. The first-order valence-corrected chi connectivity index (χ1v) is 10.2. The van der Waals surface area contributed by atoms with Crippen molar-refractivity contribution in [3.63, 3.8) is 0 Å². The lowest BCUT2D eigenvalue weighted by molar-refractivity contribution is -0.127. The molecule has 0 aromatic heterocycles. The number of ether oxygens (including phenoxy) is 1. The minimum atomic E-state index is 0.540. The van der Waals surface area contributed by atoms with Crippen molar-refractivity contribution in [3.8, 4) is 0 Å². The molecule has 132 valence electrons. The second-order valence-electron chi connectivity index (χ2n) is 9.75. The van der Waals surface area contributed by atoms with Crippen LogP contribution in [-0.4, -0.2) is 26.3 Å². The largest absolute Gasteiger partial charge is 0.381 e. The number of nitrogens with one attached hydrogen (secondary N) is 1. The van der Waals surface area contributed by atoms with Gasteiger partial charge in [-0.1, -0.05) is 13.8 Å². The molecule has 4 fully saturated rings. The fourth-order valence-corrected chi connectivity index (χ4v) is 7.91. The predicted molar refractivity (Wildman–Crippen MR) is 95.4 cm³/mol. The van der Waals surface area contributed by atoms with Gasteiger partial charge in [-0.2, -0.15) is 0 Å². The average molecular weight is 320 g/mol. The number of methoxy groups -OCH3 is 1. The van der Waals surface area contributed by atoms with Gasteiger partial charge >= 0.3 is 0 Å². The van der Waals surface area contributed by atoms with Crippen molar-refractivity contribution in [3.05, 3.63) is 0 Å². The Morgan fingerprint density at radius 1 is 0.870 bits per heavy atom. The Balaban J connectivity index is 1.58. The highest BCUT2D eigenvalue weighted by atomic mass is 16.5. The highest BCUT2D eigenvalue weighted by Gasteiger charge is 2.59. The van der Waals surface area contributed by atoms with E-state index < -0.39 is 0 Å². The van der Waals surface area contributed by atoms with Gasteiger partial charge in [0, 0.05) is 13.2 Å². The molecule has 0 bridgehead atoms. The summed E-state index contributed by atoms with van der Waals surface area (Å²) in [4.78, 5) is 0. The van der Waals surface area contributed by atoms with E-state index in [2.05, 4.69) is 26.2 Å². The van der Waals surface area contributed by atoms with Crippen molar-refractivity contribution < 1.29 is 4.74 Å². The van der Waals surface area contributed by atoms with Crippen LogP contribution in [-0.2, 0) is 4.74 Å². The average Bonchev–Trinajstić information content (AvgIpc) is 2.90. The molecule has 0 amide bonds. The monoisotopic (exact) mass is 319 g/mol. The van der Waals surface area contributed by atoms with Gasteiger partial charge in [-0.15, -0.1) is 0 Å². The minimum absolute atomic E-state index is 0.540. The third-order valence-corrected chi connectivity index (χ3v) is 9.30. The molecule has 4 aliphatic carbocycles. The maximum Gasteiger partial charge on any atom is 0.0574 e. The standard InChI is InChI=1S/C21H37NO/c1-20-11-9-15(23-4)13-14(20)5-6-16-17-7-8-19(22-3)21(17,2)12-10-18(16)20/h14-19,22H,5-13H2,1-4H3/t14?,15-,16?,17?,18?,19+,20+,21+/m1/s1. The lowest BCUT2D eigenvalue weighted by atomic mass is 9.45. The van der Waals surface area contributed by atoms with E-state index in [0.29, 0.717) is 16.9 Å². The molecule has 4 rings (SSSR count). The normalized spacial score (nSPS) is 55.8. The number of fused-ring (bicyclic) bond motifs is 5. The lowest BCUT2D eigenvalue weighted by Crippen LogP contribution is -2.55. The molecule has 4 saturated carbocycles. The summed E-state index contributed by atoms with van der Waals surface area (Å²) >= 11 is 0. The van der Waals surface area contributed by atoms with Crippen molar-refractivity contribution in [1.82, 2.24) is 5.32 Å². The van der Waals surface area contributed by atoms with E-state index in [0.717, 1.165) is 29.7 Å². The highest BCUT2D eigenvalue weighted by molar-refractivity contribution is 5.10. The van der Waals surface area contributed by atoms with E-state index in [9.17, 15) is 0 Å². The first kappa shape index (κ1) is 16.4. The van der Waals surface area contributed by atoms with Gasteiger partial charge in [0.1, 0.15) is 0 Å². The van der Waals surface area contributed by atoms with E-state index in [1.807, 2.05) is 7.11 Å². The Morgan fingerprint density at radius 2 is 1.61 bits per heavy atom. The quantitative estimate of drug-likeness (QED) is 0.801. The van der Waals surface area contributed by atoms with Crippen LogP contribution < -0.4 is 5.32 Å². The molecule has 0 heterocycles. The second kappa shape index (κ2) is 5.73. The zero-order valence-electron chi connectivity index (χ0n) is 15.7. The molecule has 8 atom stereocenters. The minimum Gasteiger partial charge on any atom is -0.381 e. The first-order chi connectivity index (χ1) is 11.0. The Hall–Kier alpha value is -0.0800. The van der Waals surface area contributed by atoms with Crippen LogP contribution in [0.15, 0.2) is 0 Å². The summed E-state index contributed by atoms with van der Waals surface area (Å²) in [5.74, 6) is 3.91. The molecule has 0 saturated heterocycles. The maximum atomic E-state index is 5.73. The van der Waals surface area contributed by atoms with Crippen LogP contribution in [0.4, 0.5) is 0 Å². The summed E-state index contributed by atoms with van der Waals surface area (Å²) in [6, 6.07) is 0.767. The summed E-state index contributed by atoms with van der Waals surface area (Å²) in [7, 11) is 4.11. The van der Waals surface area contributed by atoms with Gasteiger partial charge in [-0.3, -0.25) is 0 Å². The van der Waals surface area contributed by atoms with Gasteiger partial charge in [0.15, 0.2) is 0 Å². The van der Waals surface area contributed by atoms with Gasteiger partial charge in [-0.05, 0) is 99.3 Å². The van der Waals surface area contributed by atoms with E-state index in [1.54, 1.807) is 0 Å². The summed E-state index contributed by atoms with van der Waals surface area (Å²) in [5, 5.41) is 3.66. The summed E-state index contributed by atoms with van der Waals surface area (Å²) < 4.78 is 5.73. The number of hydrogen-bond donors (Lipinski definition) is 1. The summed E-state index contributed by atoms with van der Waals surface area (Å²) in [6.07, 6.45) is 13.4. The van der Waals surface area contributed by atoms with Crippen molar-refractivity contribution in [2.75, 3.05) is 14.2 Å². The molecule has 4 aliphatic rings. The highest BCUT2D eigenvalue weighted by Crippen LogP contribution is 2.66. The molecule has 0 aromatic rings. The van der Waals surface area contributed by atoms with Crippen molar-refractivity contribution in [2.24, 2.45) is 34.5 Å². The zero-order chi connectivity index (χ0) is 16.2. The molecule has 2 heteroatoms. The Kier molecular flexibility index (Phi) is 4.08. The van der Waals surface area contributed by atoms with E-state index >= 15 is 0 Å². The number of hydrogen-bond acceptors (Lipinski definition) is 2. The van der Waals surface area contributed by atoms with Crippen LogP contribution >= 0.6 is 0 Å². The maximum absolute atomic E-state index is 5.73. The number of rotatable bonds is 2. The second-order valence-corrected chi connectivity index (χ2v) is 9.75. The van der Waals surface area contributed by atoms with Gasteiger partial charge in [0.25, 0.3) is 0 Å². The van der Waals surface area contributed by atoms with Gasteiger partial charge in [0.05, 0.1) is 6.10 Å². The fourth-order valence-electron chi connectivity index (χ4n) is 7.91. The van der Waals surface area contributed by atoms with Crippen LogP contribution in [0.25, 0.3) is 0 Å². The molecule has 0 spiro atoms. The molecule has 23 heavy (non-hydrogen) atoms. The van der Waals surface area contributed by atoms with Gasteiger partial charge in [0.2, 0.25) is 0 Å². The van der Waals surface area contributed by atoms with Crippen LogP contribution in [0.1, 0.15) is 71.6 Å². The Bertz CT molecular complexity index is 451. The molecular formula is C21H37NO. The zero-order valence-corrected chi connectivity index (χ0v) is 15.7. The lowest BCUT2D eigenvalue weighted by Gasteiger charge is -2.61. The van der Waals surface area contributed by atoms with Crippen LogP contribution in [0.2, 0.25) is 0 Å². The molecule has 0 aliphatic heterocycles. The van der Waals surface area contributed by atoms with E-state index in [-0.39, 0.29) is 0 Å². The molecule has 0 radical (unpaired) electrons. The van der Waals surface area contributed by atoms with Crippen LogP contribution in [0.5, 0.6) is 0 Å². The summed E-state index contributed by atoms with van der Waals surface area (Å²) in [6.45, 7) is 5.27. The van der Waals surface area contributed by atoms with Gasteiger partial charge in [-0.25, -0.2) is 0 Å². The fraction of sp³-hybridized carbons (Fsp3) is 1.00. The van der Waals surface area contributed by atoms with Crippen molar-refractivity contribution in [1.29, 1.82) is 0 Å². The van der Waals surface area contributed by atoms with Crippen LogP contribution in [0, 0.1) is 34.5 Å². The third kappa shape index (κ3) is 2.27. The topological polar surface area (TPSA) is 21.3 Å². The van der Waals surface area contributed by atoms with Crippen LogP contribution in [0.3, 0.4) is 0 Å². The predicted octanol–water partition coefficient (Wildman–Crippen LogP) is 4.63. The molecule has 2 nitrogen and oxygen atoms in total. The summed E-state index contributed by atoms with van der Waals surface area (Å²) in [5.41, 5.74) is 1.18. The Labute approximate surface area is 143 Å². The molecule has 0 aromatic carbocycles. The third-order valence-electron chi connectivity index (χ3n) is 9.30. The molecule has 4 unspecified atom stereocenters. The molecule has 1 N–H and O–H groups in total. The van der Waals surface area contributed by atoms with Crippen molar-refractivity contribution in [2.45, 2.75) is 83.8 Å². The van der Waals surface area contributed by atoms with Crippen molar-refractivity contribution >= 4 is 0 Å². The SMILES string of the molecule is CN[C@H]1CCC2C3CCC4C[C@H](OC)CC[C@]4(C)C3CC[C@@]21C. The van der Waals surface area contributed by atoms with E-state index in [1.165, 1.54) is 57.8 Å². The Morgan fingerprint density at radius 3 is 2.35 bits per heavy atom. The molecular weight excluding hydrogens is 282 g/mol. The first-order valence-electron chi connectivity index (χ1n) is 10.2. The van der Waals surface area contributed by atoms with E-state index in [4.69, 9.17) is 4.74 Å². The van der Waals surface area contributed by atoms with Gasteiger partial charge < -0.3 is 10.1 Å².